The lowest BCUT2D eigenvalue weighted by Gasteiger charge is -2.24. The van der Waals surface area contributed by atoms with E-state index in [1.807, 2.05) is 4.90 Å². The fourth-order valence-corrected chi connectivity index (χ4v) is 2.22. The molecule has 1 saturated heterocycles. The zero-order valence-electron chi connectivity index (χ0n) is 11.8. The highest BCUT2D eigenvalue weighted by atomic mass is 16.2. The van der Waals surface area contributed by atoms with Crippen molar-refractivity contribution in [2.45, 2.75) is 6.42 Å². The van der Waals surface area contributed by atoms with E-state index in [9.17, 15) is 9.59 Å². The SMILES string of the molecule is CN(C)C(=O)c1ccc(N)c(N2CCCNC(=O)C2)c1. The number of nitrogens with one attached hydrogen (secondary N) is 1. The van der Waals surface area contributed by atoms with Crippen LogP contribution in [0.15, 0.2) is 18.2 Å². The standard InChI is InChI=1S/C14H20N4O2/c1-17(2)14(20)10-4-5-11(15)12(8-10)18-7-3-6-16-13(19)9-18/h4-5,8H,3,6-7,9,15H2,1-2H3,(H,16,19). The normalized spacial score (nSPS) is 15.5. The Morgan fingerprint density at radius 1 is 1.40 bits per heavy atom. The number of amides is 2. The first-order chi connectivity index (χ1) is 9.49. The van der Waals surface area contributed by atoms with Crippen LogP contribution in [0.2, 0.25) is 0 Å². The Morgan fingerprint density at radius 2 is 2.15 bits per heavy atom. The smallest absolute Gasteiger partial charge is 0.253 e. The minimum atomic E-state index is -0.0782. The Bertz CT molecular complexity index is 528. The van der Waals surface area contributed by atoms with Gasteiger partial charge in [-0.1, -0.05) is 0 Å². The summed E-state index contributed by atoms with van der Waals surface area (Å²) >= 11 is 0. The molecule has 1 aromatic rings. The van der Waals surface area contributed by atoms with Crippen LogP contribution >= 0.6 is 0 Å². The van der Waals surface area contributed by atoms with Crippen LogP contribution in [0.1, 0.15) is 16.8 Å². The van der Waals surface area contributed by atoms with E-state index < -0.39 is 0 Å². The van der Waals surface area contributed by atoms with Crippen LogP contribution in [-0.2, 0) is 4.79 Å². The molecule has 0 unspecified atom stereocenters. The largest absolute Gasteiger partial charge is 0.397 e. The first kappa shape index (κ1) is 14.2. The maximum absolute atomic E-state index is 12.0. The fourth-order valence-electron chi connectivity index (χ4n) is 2.22. The molecule has 2 rings (SSSR count). The van der Waals surface area contributed by atoms with Gasteiger partial charge in [-0.3, -0.25) is 9.59 Å². The molecule has 0 saturated carbocycles. The Kier molecular flexibility index (Phi) is 4.12. The monoisotopic (exact) mass is 276 g/mol. The summed E-state index contributed by atoms with van der Waals surface area (Å²) in [5.41, 5.74) is 7.89. The van der Waals surface area contributed by atoms with Crippen LogP contribution in [0.3, 0.4) is 0 Å². The Balaban J connectivity index is 2.32. The summed E-state index contributed by atoms with van der Waals surface area (Å²) < 4.78 is 0. The molecule has 0 atom stereocenters. The molecule has 3 N–H and O–H groups in total. The zero-order valence-corrected chi connectivity index (χ0v) is 11.8. The van der Waals surface area contributed by atoms with E-state index in [2.05, 4.69) is 5.32 Å². The average molecular weight is 276 g/mol. The number of hydrogen-bond acceptors (Lipinski definition) is 4. The Morgan fingerprint density at radius 3 is 2.85 bits per heavy atom. The summed E-state index contributed by atoms with van der Waals surface area (Å²) in [6, 6.07) is 5.18. The van der Waals surface area contributed by atoms with Crippen LogP contribution in [0, 0.1) is 0 Å². The minimum Gasteiger partial charge on any atom is -0.397 e. The van der Waals surface area contributed by atoms with Crippen molar-refractivity contribution in [3.63, 3.8) is 0 Å². The van der Waals surface area contributed by atoms with Gasteiger partial charge in [-0.05, 0) is 24.6 Å². The van der Waals surface area contributed by atoms with Crippen molar-refractivity contribution < 1.29 is 9.59 Å². The van der Waals surface area contributed by atoms with E-state index in [1.54, 1.807) is 32.3 Å². The van der Waals surface area contributed by atoms with E-state index in [4.69, 9.17) is 5.73 Å². The molecular formula is C14H20N4O2. The second kappa shape index (κ2) is 5.81. The van der Waals surface area contributed by atoms with Gasteiger partial charge in [0.05, 0.1) is 17.9 Å². The topological polar surface area (TPSA) is 78.7 Å². The molecule has 1 aliphatic heterocycles. The fraction of sp³-hybridized carbons (Fsp3) is 0.429. The van der Waals surface area contributed by atoms with Crippen molar-refractivity contribution in [2.75, 3.05) is 44.4 Å². The number of hydrogen-bond donors (Lipinski definition) is 2. The van der Waals surface area contributed by atoms with Gasteiger partial charge < -0.3 is 20.9 Å². The number of carbonyl (C=O) groups excluding carboxylic acids is 2. The summed E-state index contributed by atoms with van der Waals surface area (Å²) in [6.07, 6.45) is 0.858. The lowest BCUT2D eigenvalue weighted by Crippen LogP contribution is -2.33. The van der Waals surface area contributed by atoms with Gasteiger partial charge in [-0.2, -0.15) is 0 Å². The summed E-state index contributed by atoms with van der Waals surface area (Å²) in [5.74, 6) is -0.100. The molecule has 6 heteroatoms. The molecule has 0 spiro atoms. The quantitative estimate of drug-likeness (QED) is 0.761. The highest BCUT2D eigenvalue weighted by Crippen LogP contribution is 2.25. The van der Waals surface area contributed by atoms with Crippen LogP contribution in [-0.4, -0.2) is 50.4 Å². The molecule has 1 heterocycles. The van der Waals surface area contributed by atoms with Gasteiger partial charge in [0.15, 0.2) is 0 Å². The van der Waals surface area contributed by atoms with E-state index in [0.29, 0.717) is 17.8 Å². The Labute approximate surface area is 118 Å². The third-order valence-corrected chi connectivity index (χ3v) is 3.29. The first-order valence-electron chi connectivity index (χ1n) is 6.62. The number of anilines is 2. The van der Waals surface area contributed by atoms with Gasteiger partial charge in [0.25, 0.3) is 5.91 Å². The molecule has 0 aliphatic carbocycles. The first-order valence-corrected chi connectivity index (χ1v) is 6.62. The maximum Gasteiger partial charge on any atom is 0.253 e. The van der Waals surface area contributed by atoms with Crippen LogP contribution in [0.4, 0.5) is 11.4 Å². The second-order valence-corrected chi connectivity index (χ2v) is 5.10. The number of nitrogens with two attached hydrogens (primary N) is 1. The molecule has 20 heavy (non-hydrogen) atoms. The van der Waals surface area contributed by atoms with E-state index in [0.717, 1.165) is 18.7 Å². The number of nitrogen functional groups attached to an aromatic ring is 1. The minimum absolute atomic E-state index is 0.0220. The van der Waals surface area contributed by atoms with Crippen LogP contribution < -0.4 is 16.0 Å². The summed E-state index contributed by atoms with van der Waals surface area (Å²) in [5, 5.41) is 2.82. The molecule has 1 aromatic carbocycles. The molecule has 2 amide bonds. The second-order valence-electron chi connectivity index (χ2n) is 5.10. The molecule has 1 aliphatic rings. The highest BCUT2D eigenvalue weighted by molar-refractivity contribution is 5.96. The third-order valence-electron chi connectivity index (χ3n) is 3.29. The predicted octanol–water partition coefficient (Wildman–Crippen LogP) is 0.297. The molecule has 6 nitrogen and oxygen atoms in total. The van der Waals surface area contributed by atoms with Gasteiger partial charge in [-0.15, -0.1) is 0 Å². The average Bonchev–Trinajstić information content (AvgIpc) is 2.63. The van der Waals surface area contributed by atoms with Gasteiger partial charge in [0, 0.05) is 32.7 Å². The number of rotatable bonds is 2. The van der Waals surface area contributed by atoms with Crippen molar-refractivity contribution in [3.05, 3.63) is 23.8 Å². The van der Waals surface area contributed by atoms with Crippen molar-refractivity contribution in [1.82, 2.24) is 10.2 Å². The predicted molar refractivity (Wildman–Crippen MR) is 78.7 cm³/mol. The van der Waals surface area contributed by atoms with Crippen molar-refractivity contribution >= 4 is 23.2 Å². The molecule has 1 fully saturated rings. The zero-order chi connectivity index (χ0) is 14.7. The number of carbonyl (C=O) groups is 2. The molecule has 0 aromatic heterocycles. The third kappa shape index (κ3) is 3.01. The highest BCUT2D eigenvalue weighted by Gasteiger charge is 2.19. The molecule has 108 valence electrons. The van der Waals surface area contributed by atoms with E-state index in [1.165, 1.54) is 4.90 Å². The summed E-state index contributed by atoms with van der Waals surface area (Å²) in [6.45, 7) is 1.68. The molecule has 0 bridgehead atoms. The number of benzene rings is 1. The Hall–Kier alpha value is -2.24. The van der Waals surface area contributed by atoms with Crippen LogP contribution in [0.25, 0.3) is 0 Å². The maximum atomic E-state index is 12.0. The summed E-state index contributed by atoms with van der Waals surface area (Å²) in [4.78, 5) is 27.1. The van der Waals surface area contributed by atoms with Gasteiger partial charge in [-0.25, -0.2) is 0 Å². The van der Waals surface area contributed by atoms with E-state index in [-0.39, 0.29) is 18.4 Å². The molecule has 0 radical (unpaired) electrons. The lowest BCUT2D eigenvalue weighted by atomic mass is 10.1. The lowest BCUT2D eigenvalue weighted by molar-refractivity contribution is -0.119. The van der Waals surface area contributed by atoms with Crippen molar-refractivity contribution in [2.24, 2.45) is 0 Å². The van der Waals surface area contributed by atoms with Gasteiger partial charge in [0.1, 0.15) is 0 Å². The van der Waals surface area contributed by atoms with Crippen LogP contribution in [0.5, 0.6) is 0 Å². The van der Waals surface area contributed by atoms with Gasteiger partial charge in [0.2, 0.25) is 5.91 Å². The molecular weight excluding hydrogens is 256 g/mol. The van der Waals surface area contributed by atoms with Crippen molar-refractivity contribution in [1.29, 1.82) is 0 Å². The summed E-state index contributed by atoms with van der Waals surface area (Å²) in [7, 11) is 3.41. The number of nitrogens with zero attached hydrogens (tertiary/aromatic N) is 2. The van der Waals surface area contributed by atoms with Crippen molar-refractivity contribution in [3.8, 4) is 0 Å². The van der Waals surface area contributed by atoms with E-state index >= 15 is 0 Å². The van der Waals surface area contributed by atoms with Gasteiger partial charge >= 0.3 is 0 Å².